The van der Waals surface area contributed by atoms with Crippen LogP contribution in [0.25, 0.3) is 10.8 Å². The lowest BCUT2D eigenvalue weighted by Gasteiger charge is -2.39. The second kappa shape index (κ2) is 9.19. The molecule has 28 heavy (non-hydrogen) atoms. The molecule has 1 aliphatic rings. The molecule has 2 aromatic rings. The highest BCUT2D eigenvalue weighted by Gasteiger charge is 2.40. The third-order valence-electron chi connectivity index (χ3n) is 5.55. The fourth-order valence-corrected chi connectivity index (χ4v) is 4.02. The second-order valence-corrected chi connectivity index (χ2v) is 7.53. The Morgan fingerprint density at radius 1 is 0.750 bits per heavy atom. The van der Waals surface area contributed by atoms with Crippen molar-refractivity contribution in [2.45, 2.75) is 50.7 Å². The molecule has 3 rings (SSSR count). The van der Waals surface area contributed by atoms with Gasteiger partial charge in [-0.25, -0.2) is 0 Å². The Morgan fingerprint density at radius 3 is 1.57 bits per heavy atom. The molecule has 4 heteroatoms. The fourth-order valence-electron chi connectivity index (χ4n) is 4.02. The van der Waals surface area contributed by atoms with Gasteiger partial charge in [0.15, 0.2) is 0 Å². The molecule has 2 atom stereocenters. The van der Waals surface area contributed by atoms with Gasteiger partial charge in [-0.2, -0.15) is 0 Å². The normalized spacial score (nSPS) is 23.9. The zero-order valence-electron chi connectivity index (χ0n) is 17.0. The number of benzene rings is 2. The van der Waals surface area contributed by atoms with E-state index in [9.17, 15) is 10.2 Å². The van der Waals surface area contributed by atoms with Gasteiger partial charge in [0.05, 0.1) is 0 Å². The molecule has 1 aliphatic carbocycles. The van der Waals surface area contributed by atoms with Crippen LogP contribution >= 0.6 is 0 Å². The maximum atomic E-state index is 11.4. The molecule has 152 valence electrons. The third-order valence-corrected chi connectivity index (χ3v) is 5.55. The van der Waals surface area contributed by atoms with Crippen LogP contribution < -0.4 is 0 Å². The standard InChI is InChI=1S/C24H32O4/c1-3-27-15-7-11-23(25)13-14-24(26,12-8-16-28-4-2)22-18-20-10-6-5-9-19(20)17-21(22)23/h5-6,9-10,13-14,17-18,25-26H,3-4,7-8,11-12,15-16H2,1-2H3. The first-order valence-corrected chi connectivity index (χ1v) is 10.4. The van der Waals surface area contributed by atoms with Crippen molar-refractivity contribution in [3.63, 3.8) is 0 Å². The van der Waals surface area contributed by atoms with E-state index in [0.717, 1.165) is 34.7 Å². The Morgan fingerprint density at radius 2 is 1.18 bits per heavy atom. The van der Waals surface area contributed by atoms with Gasteiger partial charge in [0, 0.05) is 26.4 Å². The average molecular weight is 385 g/mol. The summed E-state index contributed by atoms with van der Waals surface area (Å²) in [6.45, 7) is 6.53. The van der Waals surface area contributed by atoms with Gasteiger partial charge in [-0.3, -0.25) is 0 Å². The lowest BCUT2D eigenvalue weighted by atomic mass is 9.72. The quantitative estimate of drug-likeness (QED) is 0.470. The van der Waals surface area contributed by atoms with Crippen LogP contribution in [0.2, 0.25) is 0 Å². The van der Waals surface area contributed by atoms with Crippen LogP contribution in [0.15, 0.2) is 48.6 Å². The monoisotopic (exact) mass is 384 g/mol. The van der Waals surface area contributed by atoms with E-state index in [2.05, 4.69) is 0 Å². The first-order chi connectivity index (χ1) is 13.5. The van der Waals surface area contributed by atoms with Crippen LogP contribution in [-0.4, -0.2) is 36.6 Å². The maximum Gasteiger partial charge on any atom is 0.108 e. The zero-order chi connectivity index (χ0) is 20.0. The largest absolute Gasteiger partial charge is 0.382 e. The third kappa shape index (κ3) is 4.47. The lowest BCUT2D eigenvalue weighted by Crippen LogP contribution is -2.36. The molecule has 0 saturated heterocycles. The predicted octanol–water partition coefficient (Wildman–Crippen LogP) is 4.42. The molecular weight excluding hydrogens is 352 g/mol. The van der Waals surface area contributed by atoms with Gasteiger partial charge in [-0.05, 0) is 85.7 Å². The van der Waals surface area contributed by atoms with Gasteiger partial charge in [0.2, 0.25) is 0 Å². The van der Waals surface area contributed by atoms with Crippen LogP contribution in [-0.2, 0) is 20.7 Å². The lowest BCUT2D eigenvalue weighted by molar-refractivity contribution is 0.0237. The van der Waals surface area contributed by atoms with Gasteiger partial charge >= 0.3 is 0 Å². The van der Waals surface area contributed by atoms with Crippen LogP contribution in [0.5, 0.6) is 0 Å². The van der Waals surface area contributed by atoms with E-state index in [4.69, 9.17) is 9.47 Å². The van der Waals surface area contributed by atoms with Gasteiger partial charge in [0.25, 0.3) is 0 Å². The minimum Gasteiger partial charge on any atom is -0.382 e. The summed E-state index contributed by atoms with van der Waals surface area (Å²) in [4.78, 5) is 0. The number of aliphatic hydroxyl groups is 2. The van der Waals surface area contributed by atoms with E-state index >= 15 is 0 Å². The Kier molecular flexibility index (Phi) is 6.89. The van der Waals surface area contributed by atoms with Gasteiger partial charge in [-0.1, -0.05) is 24.3 Å². The summed E-state index contributed by atoms with van der Waals surface area (Å²) in [5.41, 5.74) is -0.598. The summed E-state index contributed by atoms with van der Waals surface area (Å²) >= 11 is 0. The molecule has 0 fully saturated rings. The molecule has 0 aliphatic heterocycles. The minimum absolute atomic E-state index is 0.559. The summed E-state index contributed by atoms with van der Waals surface area (Å²) in [5, 5.41) is 25.0. The van der Waals surface area contributed by atoms with Crippen molar-refractivity contribution in [1.82, 2.24) is 0 Å². The SMILES string of the molecule is CCOCCCC1(O)C=CC(O)(CCCOCC)c2cc3ccccc3cc21. The summed E-state index contributed by atoms with van der Waals surface area (Å²) < 4.78 is 10.9. The van der Waals surface area contributed by atoms with E-state index < -0.39 is 11.2 Å². The van der Waals surface area contributed by atoms with Gasteiger partial charge in [0.1, 0.15) is 11.2 Å². The van der Waals surface area contributed by atoms with E-state index in [-0.39, 0.29) is 0 Å². The van der Waals surface area contributed by atoms with E-state index in [0.29, 0.717) is 39.3 Å². The number of rotatable bonds is 10. The van der Waals surface area contributed by atoms with Crippen molar-refractivity contribution in [2.75, 3.05) is 26.4 Å². The molecule has 4 nitrogen and oxygen atoms in total. The summed E-state index contributed by atoms with van der Waals surface area (Å²) in [6.07, 6.45) is 6.18. The van der Waals surface area contributed by atoms with Crippen molar-refractivity contribution in [2.24, 2.45) is 0 Å². The topological polar surface area (TPSA) is 58.9 Å². The molecule has 2 unspecified atom stereocenters. The van der Waals surface area contributed by atoms with Crippen molar-refractivity contribution in [3.8, 4) is 0 Å². The Balaban J connectivity index is 1.96. The van der Waals surface area contributed by atoms with Crippen LogP contribution in [0, 0.1) is 0 Å². The Labute approximate surface area is 167 Å². The number of hydrogen-bond acceptors (Lipinski definition) is 4. The molecular formula is C24H32O4. The minimum atomic E-state index is -1.09. The van der Waals surface area contributed by atoms with E-state index in [1.807, 2.05) is 50.2 Å². The summed E-state index contributed by atoms with van der Waals surface area (Å²) in [7, 11) is 0. The van der Waals surface area contributed by atoms with Crippen molar-refractivity contribution >= 4 is 10.8 Å². The first kappa shape index (κ1) is 21.0. The van der Waals surface area contributed by atoms with Crippen LogP contribution in [0.3, 0.4) is 0 Å². The van der Waals surface area contributed by atoms with Gasteiger partial charge in [-0.15, -0.1) is 0 Å². The highest BCUT2D eigenvalue weighted by molar-refractivity contribution is 5.85. The van der Waals surface area contributed by atoms with Crippen molar-refractivity contribution in [1.29, 1.82) is 0 Å². The number of ether oxygens (including phenoxy) is 2. The van der Waals surface area contributed by atoms with Gasteiger partial charge < -0.3 is 19.7 Å². The number of fused-ring (bicyclic) bond motifs is 2. The molecule has 0 saturated carbocycles. The van der Waals surface area contributed by atoms with Crippen molar-refractivity contribution in [3.05, 3.63) is 59.7 Å². The first-order valence-electron chi connectivity index (χ1n) is 10.4. The van der Waals surface area contributed by atoms with Crippen LogP contribution in [0.4, 0.5) is 0 Å². The molecule has 0 radical (unpaired) electrons. The summed E-state index contributed by atoms with van der Waals surface area (Å²) in [6, 6.07) is 12.1. The van der Waals surface area contributed by atoms with E-state index in [1.165, 1.54) is 0 Å². The van der Waals surface area contributed by atoms with E-state index in [1.54, 1.807) is 12.2 Å². The molecule has 0 aromatic heterocycles. The second-order valence-electron chi connectivity index (χ2n) is 7.53. The molecule has 0 amide bonds. The molecule has 2 aromatic carbocycles. The average Bonchev–Trinajstić information content (AvgIpc) is 2.71. The highest BCUT2D eigenvalue weighted by atomic mass is 16.5. The zero-order valence-corrected chi connectivity index (χ0v) is 17.0. The smallest absolute Gasteiger partial charge is 0.108 e. The Hall–Kier alpha value is -1.72. The highest BCUT2D eigenvalue weighted by Crippen LogP contribution is 2.44. The maximum absolute atomic E-state index is 11.4. The molecule has 0 spiro atoms. The van der Waals surface area contributed by atoms with Crippen LogP contribution in [0.1, 0.15) is 50.7 Å². The van der Waals surface area contributed by atoms with Crippen molar-refractivity contribution < 1.29 is 19.7 Å². The molecule has 0 heterocycles. The summed E-state index contributed by atoms with van der Waals surface area (Å²) in [5.74, 6) is 0. The Bertz CT molecular complexity index is 749. The predicted molar refractivity (Wildman–Crippen MR) is 112 cm³/mol. The fraction of sp³-hybridized carbons (Fsp3) is 0.500. The number of hydrogen-bond donors (Lipinski definition) is 2. The molecule has 0 bridgehead atoms. The molecule has 2 N–H and O–H groups in total.